The number of benzene rings is 1. The molecule has 0 aliphatic rings. The fourth-order valence-corrected chi connectivity index (χ4v) is 1.43. The van der Waals surface area contributed by atoms with Crippen molar-refractivity contribution in [3.05, 3.63) is 29.8 Å². The van der Waals surface area contributed by atoms with Gasteiger partial charge in [-0.05, 0) is 37.6 Å². The van der Waals surface area contributed by atoms with E-state index < -0.39 is 0 Å². The Labute approximate surface area is 93.1 Å². The highest BCUT2D eigenvalue weighted by Gasteiger charge is 1.99. The number of hydrogen-bond donors (Lipinski definition) is 2. The second-order valence-corrected chi connectivity index (χ2v) is 3.93. The summed E-state index contributed by atoms with van der Waals surface area (Å²) in [5, 5.41) is 6.81. The molecule has 1 rings (SSSR count). The van der Waals surface area contributed by atoms with Gasteiger partial charge < -0.3 is 10.6 Å². The van der Waals surface area contributed by atoms with E-state index in [-0.39, 0.29) is 0 Å². The number of nitrogens with one attached hydrogen (secondary N) is 2. The van der Waals surface area contributed by atoms with Crippen LogP contribution in [0.5, 0.6) is 0 Å². The maximum absolute atomic E-state index is 3.48. The average molecular weight is 206 g/mol. The molecule has 1 aromatic carbocycles. The lowest BCUT2D eigenvalue weighted by molar-refractivity contribution is 0.726. The molecule has 1 aromatic rings. The van der Waals surface area contributed by atoms with Gasteiger partial charge in [0.25, 0.3) is 0 Å². The molecule has 2 N–H and O–H groups in total. The summed E-state index contributed by atoms with van der Waals surface area (Å²) in [5.41, 5.74) is 2.56. The first-order valence-corrected chi connectivity index (χ1v) is 5.82. The minimum absolute atomic E-state index is 0.541. The van der Waals surface area contributed by atoms with Crippen LogP contribution in [0.4, 0.5) is 5.69 Å². The third-order valence-corrected chi connectivity index (χ3v) is 2.53. The third kappa shape index (κ3) is 4.34. The Morgan fingerprint density at radius 3 is 2.73 bits per heavy atom. The van der Waals surface area contributed by atoms with Crippen molar-refractivity contribution in [3.63, 3.8) is 0 Å². The lowest BCUT2D eigenvalue weighted by atomic mass is 10.1. The van der Waals surface area contributed by atoms with Crippen molar-refractivity contribution >= 4 is 5.69 Å². The molecule has 0 aliphatic carbocycles. The highest BCUT2D eigenvalue weighted by molar-refractivity contribution is 5.46. The van der Waals surface area contributed by atoms with E-state index in [0.717, 1.165) is 19.5 Å². The van der Waals surface area contributed by atoms with Crippen molar-refractivity contribution in [1.29, 1.82) is 0 Å². The molecule has 0 saturated heterocycles. The zero-order chi connectivity index (χ0) is 11.1. The molecule has 1 unspecified atom stereocenters. The topological polar surface area (TPSA) is 24.1 Å². The van der Waals surface area contributed by atoms with Gasteiger partial charge in [-0.1, -0.05) is 26.0 Å². The van der Waals surface area contributed by atoms with Crippen molar-refractivity contribution in [2.24, 2.45) is 0 Å². The van der Waals surface area contributed by atoms with E-state index in [1.807, 2.05) is 0 Å². The summed E-state index contributed by atoms with van der Waals surface area (Å²) in [5.74, 6) is 0. The Hall–Kier alpha value is -1.02. The van der Waals surface area contributed by atoms with Crippen LogP contribution >= 0.6 is 0 Å². The Bertz CT molecular complexity index is 284. The highest BCUT2D eigenvalue weighted by atomic mass is 14.9. The second-order valence-electron chi connectivity index (χ2n) is 3.93. The maximum atomic E-state index is 3.48. The van der Waals surface area contributed by atoms with Crippen molar-refractivity contribution in [2.45, 2.75) is 39.8 Å². The standard InChI is InChI=1S/C13H22N2/c1-4-11(3)15-13-8-6-7-12(9-13)10-14-5-2/h6-9,11,14-15H,4-5,10H2,1-3H3. The molecule has 1 atom stereocenters. The first-order chi connectivity index (χ1) is 7.26. The molecule has 0 radical (unpaired) electrons. The van der Waals surface area contributed by atoms with E-state index in [1.165, 1.54) is 11.3 Å². The van der Waals surface area contributed by atoms with E-state index in [2.05, 4.69) is 55.7 Å². The van der Waals surface area contributed by atoms with Crippen LogP contribution in [0.3, 0.4) is 0 Å². The predicted molar refractivity (Wildman–Crippen MR) is 67.2 cm³/mol. The quantitative estimate of drug-likeness (QED) is 0.747. The van der Waals surface area contributed by atoms with Crippen LogP contribution in [0.15, 0.2) is 24.3 Å². The molecule has 15 heavy (non-hydrogen) atoms. The number of rotatable bonds is 6. The lowest BCUT2D eigenvalue weighted by Gasteiger charge is -2.13. The molecule has 0 spiro atoms. The van der Waals surface area contributed by atoms with E-state index in [0.29, 0.717) is 6.04 Å². The van der Waals surface area contributed by atoms with Gasteiger partial charge in [-0.2, -0.15) is 0 Å². The lowest BCUT2D eigenvalue weighted by Crippen LogP contribution is -2.14. The predicted octanol–water partition coefficient (Wildman–Crippen LogP) is 3.01. The zero-order valence-electron chi connectivity index (χ0n) is 10.0. The van der Waals surface area contributed by atoms with Crippen LogP contribution in [0.2, 0.25) is 0 Å². The van der Waals surface area contributed by atoms with E-state index >= 15 is 0 Å². The molecular formula is C13H22N2. The van der Waals surface area contributed by atoms with E-state index in [1.54, 1.807) is 0 Å². The number of anilines is 1. The first kappa shape index (κ1) is 12.1. The Morgan fingerprint density at radius 1 is 1.27 bits per heavy atom. The smallest absolute Gasteiger partial charge is 0.0345 e. The molecule has 0 heterocycles. The normalized spacial score (nSPS) is 12.5. The van der Waals surface area contributed by atoms with Crippen LogP contribution in [0.1, 0.15) is 32.8 Å². The van der Waals surface area contributed by atoms with Gasteiger partial charge in [-0.25, -0.2) is 0 Å². The van der Waals surface area contributed by atoms with Crippen molar-refractivity contribution < 1.29 is 0 Å². The van der Waals surface area contributed by atoms with Gasteiger partial charge >= 0.3 is 0 Å². The fraction of sp³-hybridized carbons (Fsp3) is 0.538. The van der Waals surface area contributed by atoms with Crippen LogP contribution < -0.4 is 10.6 Å². The molecule has 0 amide bonds. The summed E-state index contributed by atoms with van der Waals surface area (Å²) in [4.78, 5) is 0. The van der Waals surface area contributed by atoms with Crippen LogP contribution in [-0.2, 0) is 6.54 Å². The SMILES string of the molecule is CCNCc1cccc(NC(C)CC)c1. The zero-order valence-corrected chi connectivity index (χ0v) is 10.0. The molecule has 0 bridgehead atoms. The van der Waals surface area contributed by atoms with E-state index in [4.69, 9.17) is 0 Å². The minimum Gasteiger partial charge on any atom is -0.383 e. The molecule has 84 valence electrons. The third-order valence-electron chi connectivity index (χ3n) is 2.53. The molecular weight excluding hydrogens is 184 g/mol. The van der Waals surface area contributed by atoms with Crippen LogP contribution in [0.25, 0.3) is 0 Å². The maximum Gasteiger partial charge on any atom is 0.0345 e. The van der Waals surface area contributed by atoms with Gasteiger partial charge in [0.05, 0.1) is 0 Å². The summed E-state index contributed by atoms with van der Waals surface area (Å²) in [6.07, 6.45) is 1.15. The molecule has 2 heteroatoms. The second kappa shape index (κ2) is 6.46. The van der Waals surface area contributed by atoms with Gasteiger partial charge in [0, 0.05) is 18.3 Å². The first-order valence-electron chi connectivity index (χ1n) is 5.82. The molecule has 0 aliphatic heterocycles. The largest absolute Gasteiger partial charge is 0.383 e. The average Bonchev–Trinajstić information content (AvgIpc) is 2.26. The Morgan fingerprint density at radius 2 is 2.07 bits per heavy atom. The number of hydrogen-bond acceptors (Lipinski definition) is 2. The summed E-state index contributed by atoms with van der Waals surface area (Å²) < 4.78 is 0. The van der Waals surface area contributed by atoms with Crippen molar-refractivity contribution in [1.82, 2.24) is 5.32 Å². The molecule has 0 fully saturated rings. The Balaban J connectivity index is 2.57. The van der Waals surface area contributed by atoms with Crippen LogP contribution in [0, 0.1) is 0 Å². The molecule has 0 saturated carbocycles. The summed E-state index contributed by atoms with van der Waals surface area (Å²) >= 11 is 0. The van der Waals surface area contributed by atoms with Crippen molar-refractivity contribution in [2.75, 3.05) is 11.9 Å². The summed E-state index contributed by atoms with van der Waals surface area (Å²) in [6, 6.07) is 9.15. The minimum atomic E-state index is 0.541. The fourth-order valence-electron chi connectivity index (χ4n) is 1.43. The molecule has 0 aromatic heterocycles. The van der Waals surface area contributed by atoms with Gasteiger partial charge in [0.1, 0.15) is 0 Å². The summed E-state index contributed by atoms with van der Waals surface area (Å²) in [7, 11) is 0. The molecule has 2 nitrogen and oxygen atoms in total. The van der Waals surface area contributed by atoms with Gasteiger partial charge in [0.2, 0.25) is 0 Å². The highest BCUT2D eigenvalue weighted by Crippen LogP contribution is 2.12. The van der Waals surface area contributed by atoms with Gasteiger partial charge in [-0.3, -0.25) is 0 Å². The van der Waals surface area contributed by atoms with Crippen molar-refractivity contribution in [3.8, 4) is 0 Å². The van der Waals surface area contributed by atoms with Crippen LogP contribution in [-0.4, -0.2) is 12.6 Å². The van der Waals surface area contributed by atoms with Gasteiger partial charge in [0.15, 0.2) is 0 Å². The van der Waals surface area contributed by atoms with E-state index in [9.17, 15) is 0 Å². The summed E-state index contributed by atoms with van der Waals surface area (Å²) in [6.45, 7) is 8.49. The monoisotopic (exact) mass is 206 g/mol. The van der Waals surface area contributed by atoms with Gasteiger partial charge in [-0.15, -0.1) is 0 Å². The Kier molecular flexibility index (Phi) is 5.19.